The molecular formula is C23H20BrN7O3. The van der Waals surface area contributed by atoms with Gasteiger partial charge in [0.25, 0.3) is 5.91 Å². The summed E-state index contributed by atoms with van der Waals surface area (Å²) in [5.41, 5.74) is 13.9. The third-order valence-corrected chi connectivity index (χ3v) is 5.87. The predicted octanol–water partition coefficient (Wildman–Crippen LogP) is 3.74. The van der Waals surface area contributed by atoms with Gasteiger partial charge in [-0.05, 0) is 51.8 Å². The molecular weight excluding hydrogens is 502 g/mol. The number of rotatable bonds is 7. The average Bonchev–Trinajstić information content (AvgIpc) is 3.11. The first-order valence-electron chi connectivity index (χ1n) is 10.1. The number of ether oxygens (including phenoxy) is 1. The molecule has 0 bridgehead atoms. The number of hydrogen-bond acceptors (Lipinski definition) is 7. The molecule has 172 valence electrons. The second kappa shape index (κ2) is 9.71. The van der Waals surface area contributed by atoms with Crippen molar-refractivity contribution in [1.82, 2.24) is 19.5 Å². The maximum atomic E-state index is 12.6. The molecule has 5 N–H and O–H groups in total. The number of nitrogens with two attached hydrogens (primary N) is 2. The van der Waals surface area contributed by atoms with Crippen LogP contribution in [0.15, 0.2) is 72.2 Å². The number of nitrogen functional groups attached to an aromatic ring is 1. The molecule has 0 radical (unpaired) electrons. The maximum Gasteiger partial charge on any atom is 0.405 e. The zero-order chi connectivity index (χ0) is 24.2. The van der Waals surface area contributed by atoms with Crippen molar-refractivity contribution in [2.45, 2.75) is 12.6 Å². The van der Waals surface area contributed by atoms with Gasteiger partial charge in [0.05, 0.1) is 16.5 Å². The molecule has 3 heterocycles. The number of primary amides is 1. The van der Waals surface area contributed by atoms with Crippen LogP contribution < -0.4 is 16.8 Å². The highest BCUT2D eigenvalue weighted by Gasteiger charge is 2.23. The molecule has 0 spiro atoms. The molecule has 0 saturated carbocycles. The van der Waals surface area contributed by atoms with Gasteiger partial charge in [0.1, 0.15) is 29.7 Å². The first kappa shape index (κ1) is 22.9. The Bertz CT molecular complexity index is 1370. The van der Waals surface area contributed by atoms with Gasteiger partial charge in [0.15, 0.2) is 0 Å². The van der Waals surface area contributed by atoms with E-state index in [0.29, 0.717) is 27.0 Å². The lowest BCUT2D eigenvalue weighted by Crippen LogP contribution is -2.25. The molecule has 0 unspecified atom stereocenters. The molecule has 11 heteroatoms. The van der Waals surface area contributed by atoms with Crippen molar-refractivity contribution in [3.05, 3.63) is 77.8 Å². The number of carbonyl (C=O) groups is 2. The van der Waals surface area contributed by atoms with Gasteiger partial charge in [0.2, 0.25) is 0 Å². The summed E-state index contributed by atoms with van der Waals surface area (Å²) in [7, 11) is 0. The Kier molecular flexibility index (Phi) is 6.55. The number of carbonyl (C=O) groups excluding carboxylic acids is 2. The minimum absolute atomic E-state index is 0.199. The SMILES string of the molecule is C=C[C@@H](Cn1c(Br)c(-c2ccc(C(=O)Nc3ccccn3)cc2)c2c(N)ncnc21)OC(N)=O. The number of nitrogens with one attached hydrogen (secondary N) is 1. The summed E-state index contributed by atoms with van der Waals surface area (Å²) in [6, 6.07) is 12.3. The number of fused-ring (bicyclic) bond motifs is 1. The van der Waals surface area contributed by atoms with Crippen molar-refractivity contribution in [1.29, 1.82) is 0 Å². The van der Waals surface area contributed by atoms with Crippen LogP contribution in [0.2, 0.25) is 0 Å². The van der Waals surface area contributed by atoms with Crippen molar-refractivity contribution in [3.8, 4) is 11.1 Å². The summed E-state index contributed by atoms with van der Waals surface area (Å²) in [6.07, 6.45) is 2.83. The molecule has 2 amide bonds. The molecule has 10 nitrogen and oxygen atoms in total. The molecule has 34 heavy (non-hydrogen) atoms. The number of nitrogens with zero attached hydrogens (tertiary/aromatic N) is 4. The van der Waals surface area contributed by atoms with E-state index in [1.165, 1.54) is 12.4 Å². The minimum atomic E-state index is -0.911. The Morgan fingerprint density at radius 3 is 2.59 bits per heavy atom. The van der Waals surface area contributed by atoms with Crippen molar-refractivity contribution >= 4 is 50.6 Å². The van der Waals surface area contributed by atoms with Crippen LogP contribution in [0, 0.1) is 0 Å². The Labute approximate surface area is 202 Å². The van der Waals surface area contributed by atoms with Crippen LogP contribution >= 0.6 is 15.9 Å². The molecule has 0 aliphatic heterocycles. The van der Waals surface area contributed by atoms with E-state index in [1.54, 1.807) is 53.2 Å². The van der Waals surface area contributed by atoms with Gasteiger partial charge in [-0.3, -0.25) is 4.79 Å². The van der Waals surface area contributed by atoms with E-state index >= 15 is 0 Å². The van der Waals surface area contributed by atoms with E-state index in [2.05, 4.69) is 42.8 Å². The van der Waals surface area contributed by atoms with Crippen molar-refractivity contribution in [3.63, 3.8) is 0 Å². The lowest BCUT2D eigenvalue weighted by Gasteiger charge is -2.15. The van der Waals surface area contributed by atoms with Crippen molar-refractivity contribution in [2.24, 2.45) is 5.73 Å². The quantitative estimate of drug-likeness (QED) is 0.313. The summed E-state index contributed by atoms with van der Waals surface area (Å²) < 4.78 is 7.53. The van der Waals surface area contributed by atoms with E-state index in [-0.39, 0.29) is 18.3 Å². The average molecular weight is 522 g/mol. The molecule has 4 aromatic rings. The van der Waals surface area contributed by atoms with E-state index in [9.17, 15) is 9.59 Å². The fraction of sp³-hybridized carbons (Fsp3) is 0.0870. The normalized spacial score (nSPS) is 11.7. The number of anilines is 2. The van der Waals surface area contributed by atoms with Gasteiger partial charge in [-0.15, -0.1) is 0 Å². The van der Waals surface area contributed by atoms with Gasteiger partial charge in [-0.2, -0.15) is 0 Å². The van der Waals surface area contributed by atoms with Crippen LogP contribution in [0.1, 0.15) is 10.4 Å². The van der Waals surface area contributed by atoms with E-state index < -0.39 is 12.2 Å². The van der Waals surface area contributed by atoms with Crippen LogP contribution in [-0.2, 0) is 11.3 Å². The number of hydrogen-bond donors (Lipinski definition) is 3. The lowest BCUT2D eigenvalue weighted by molar-refractivity contribution is 0.102. The lowest BCUT2D eigenvalue weighted by atomic mass is 10.0. The molecule has 3 aromatic heterocycles. The molecule has 0 aliphatic carbocycles. The van der Waals surface area contributed by atoms with E-state index in [0.717, 1.165) is 11.1 Å². The zero-order valence-electron chi connectivity index (χ0n) is 17.8. The first-order valence-corrected chi connectivity index (χ1v) is 10.9. The number of benzene rings is 1. The van der Waals surface area contributed by atoms with Crippen LogP contribution in [0.4, 0.5) is 16.4 Å². The topological polar surface area (TPSA) is 151 Å². The monoisotopic (exact) mass is 521 g/mol. The molecule has 1 atom stereocenters. The Hall–Kier alpha value is -4.25. The summed E-state index contributed by atoms with van der Waals surface area (Å²) >= 11 is 3.63. The molecule has 0 fully saturated rings. The van der Waals surface area contributed by atoms with Crippen molar-refractivity contribution < 1.29 is 14.3 Å². The third-order valence-electron chi connectivity index (χ3n) is 5.04. The standard InChI is InChI=1S/C23H20BrN7O3/c1-2-15(34-23(26)33)11-31-19(24)17(18-20(25)28-12-29-21(18)31)13-6-8-14(9-7-13)22(32)30-16-5-3-4-10-27-16/h2-10,12,15H,1,11H2,(H2,26,33)(H2,25,28,29)(H,27,30,32)/t15-/m0/s1. The number of halogens is 1. The van der Waals surface area contributed by atoms with Crippen molar-refractivity contribution in [2.75, 3.05) is 11.1 Å². The fourth-order valence-corrected chi connectivity index (χ4v) is 4.24. The summed E-state index contributed by atoms with van der Waals surface area (Å²) in [4.78, 5) is 36.4. The van der Waals surface area contributed by atoms with Gasteiger partial charge in [0, 0.05) is 17.3 Å². The van der Waals surface area contributed by atoms with E-state index in [4.69, 9.17) is 16.2 Å². The summed E-state index contributed by atoms with van der Waals surface area (Å²) in [6.45, 7) is 3.90. The highest BCUT2D eigenvalue weighted by Crippen LogP contribution is 2.40. The summed E-state index contributed by atoms with van der Waals surface area (Å²) in [5, 5.41) is 3.36. The molecule has 1 aromatic carbocycles. The Morgan fingerprint density at radius 2 is 1.94 bits per heavy atom. The summed E-state index contributed by atoms with van der Waals surface area (Å²) in [5.74, 6) is 0.455. The zero-order valence-corrected chi connectivity index (χ0v) is 19.4. The van der Waals surface area contributed by atoms with Gasteiger partial charge < -0.3 is 26.1 Å². The number of aromatic nitrogens is 4. The third kappa shape index (κ3) is 4.59. The van der Waals surface area contributed by atoms with Crippen LogP contribution in [0.5, 0.6) is 0 Å². The number of pyridine rings is 1. The second-order valence-electron chi connectivity index (χ2n) is 7.19. The van der Waals surface area contributed by atoms with Crippen LogP contribution in [0.3, 0.4) is 0 Å². The highest BCUT2D eigenvalue weighted by atomic mass is 79.9. The van der Waals surface area contributed by atoms with E-state index in [1.807, 2.05) is 0 Å². The number of amides is 2. The Balaban J connectivity index is 1.71. The van der Waals surface area contributed by atoms with Crippen LogP contribution in [0.25, 0.3) is 22.2 Å². The molecule has 0 aliphatic rings. The minimum Gasteiger partial charge on any atom is -0.440 e. The smallest absolute Gasteiger partial charge is 0.405 e. The van der Waals surface area contributed by atoms with Gasteiger partial charge >= 0.3 is 6.09 Å². The highest BCUT2D eigenvalue weighted by molar-refractivity contribution is 9.10. The Morgan fingerprint density at radius 1 is 1.18 bits per heavy atom. The van der Waals surface area contributed by atoms with Gasteiger partial charge in [-0.1, -0.05) is 24.8 Å². The molecule has 4 rings (SSSR count). The fourth-order valence-electron chi connectivity index (χ4n) is 3.50. The predicted molar refractivity (Wildman–Crippen MR) is 132 cm³/mol. The van der Waals surface area contributed by atoms with Gasteiger partial charge in [-0.25, -0.2) is 19.7 Å². The largest absolute Gasteiger partial charge is 0.440 e. The first-order chi connectivity index (χ1) is 16.4. The second-order valence-corrected chi connectivity index (χ2v) is 7.94. The van der Waals surface area contributed by atoms with Crippen LogP contribution in [-0.4, -0.2) is 37.6 Å². The maximum absolute atomic E-state index is 12.6. The molecule has 0 saturated heterocycles.